The summed E-state index contributed by atoms with van der Waals surface area (Å²) < 4.78 is 23.9. The zero-order chi connectivity index (χ0) is 26.6. The Labute approximate surface area is 224 Å². The second-order valence-electron chi connectivity index (χ2n) is 9.22. The van der Waals surface area contributed by atoms with Crippen molar-refractivity contribution < 1.29 is 28.5 Å². The first kappa shape index (κ1) is 27.5. The van der Waals surface area contributed by atoms with E-state index in [0.29, 0.717) is 13.0 Å². The van der Waals surface area contributed by atoms with Crippen LogP contribution in [0.3, 0.4) is 0 Å². The first-order valence-corrected chi connectivity index (χ1v) is 13.1. The van der Waals surface area contributed by atoms with Crippen molar-refractivity contribution in [2.75, 3.05) is 13.2 Å². The molecule has 1 heterocycles. The Bertz CT molecular complexity index is 1120. The second-order valence-corrected chi connectivity index (χ2v) is 9.22. The average molecular weight is 518 g/mol. The number of imide groups is 1. The third-order valence-corrected chi connectivity index (χ3v) is 6.37. The topological polar surface area (TPSA) is 74.3 Å². The van der Waals surface area contributed by atoms with E-state index < -0.39 is 30.3 Å². The molecular formula is C31H35NO6. The molecule has 1 saturated heterocycles. The maximum Gasteiger partial charge on any atom is 0.417 e. The number of hydrogen-bond donors (Lipinski definition) is 0. The molecule has 0 N–H and O–H groups in total. The lowest BCUT2D eigenvalue weighted by Gasteiger charge is -2.26. The van der Waals surface area contributed by atoms with Crippen LogP contribution in [0.15, 0.2) is 91.0 Å². The zero-order valence-electron chi connectivity index (χ0n) is 21.7. The number of ether oxygens (including phenoxy) is 4. The molecule has 38 heavy (non-hydrogen) atoms. The molecule has 1 aliphatic heterocycles. The molecule has 1 fully saturated rings. The van der Waals surface area contributed by atoms with Crippen LogP contribution in [0, 0.1) is 0 Å². The predicted molar refractivity (Wildman–Crippen MR) is 143 cm³/mol. The first-order valence-electron chi connectivity index (χ1n) is 13.1. The van der Waals surface area contributed by atoms with E-state index in [1.807, 2.05) is 97.9 Å². The van der Waals surface area contributed by atoms with Crippen LogP contribution in [0.25, 0.3) is 0 Å². The predicted octanol–water partition coefficient (Wildman–Crippen LogP) is 5.52. The van der Waals surface area contributed by atoms with Crippen LogP contribution in [0.5, 0.6) is 0 Å². The molecule has 2 amide bonds. The van der Waals surface area contributed by atoms with E-state index >= 15 is 0 Å². The summed E-state index contributed by atoms with van der Waals surface area (Å²) in [4.78, 5) is 27.9. The molecule has 1 aliphatic rings. The summed E-state index contributed by atoms with van der Waals surface area (Å²) in [5.41, 5.74) is 2.87. The number of hydrogen-bond acceptors (Lipinski definition) is 6. The van der Waals surface area contributed by atoms with Gasteiger partial charge in [-0.1, -0.05) is 104 Å². The van der Waals surface area contributed by atoms with E-state index in [-0.39, 0.29) is 26.4 Å². The molecule has 7 nitrogen and oxygen atoms in total. The molecule has 0 saturated carbocycles. The van der Waals surface area contributed by atoms with Gasteiger partial charge in [0.1, 0.15) is 6.10 Å². The van der Waals surface area contributed by atoms with E-state index in [2.05, 4.69) is 0 Å². The standard InChI is InChI=1S/C31H35NO6/c1-2-3-19-36-31(34)32-27(23-35-20-24-13-7-4-8-14-24)28(37-21-25-15-9-5-10-16-25)29(30(32)33)38-22-26-17-11-6-12-18-26/h4-18,27-29H,2-3,19-23H2,1H3/t27-,28-,29-/m1/s1. The molecular weight excluding hydrogens is 482 g/mol. The monoisotopic (exact) mass is 517 g/mol. The van der Waals surface area contributed by atoms with E-state index in [1.165, 1.54) is 0 Å². The van der Waals surface area contributed by atoms with Gasteiger partial charge in [-0.2, -0.15) is 0 Å². The van der Waals surface area contributed by atoms with Crippen LogP contribution in [0.4, 0.5) is 4.79 Å². The summed E-state index contributed by atoms with van der Waals surface area (Å²) >= 11 is 0. The van der Waals surface area contributed by atoms with Gasteiger partial charge in [0, 0.05) is 0 Å². The number of amides is 2. The van der Waals surface area contributed by atoms with Crippen LogP contribution in [0.1, 0.15) is 36.5 Å². The molecule has 3 aromatic carbocycles. The van der Waals surface area contributed by atoms with Crippen molar-refractivity contribution >= 4 is 12.0 Å². The Balaban J connectivity index is 1.55. The molecule has 200 valence electrons. The first-order chi connectivity index (χ1) is 18.7. The van der Waals surface area contributed by atoms with Crippen molar-refractivity contribution in [3.8, 4) is 0 Å². The van der Waals surface area contributed by atoms with Gasteiger partial charge >= 0.3 is 6.09 Å². The summed E-state index contributed by atoms with van der Waals surface area (Å²) in [6, 6.07) is 28.3. The van der Waals surface area contributed by atoms with Gasteiger partial charge in [-0.3, -0.25) is 4.79 Å². The molecule has 0 spiro atoms. The molecule has 3 atom stereocenters. The summed E-state index contributed by atoms with van der Waals surface area (Å²) in [6.07, 6.45) is -0.832. The van der Waals surface area contributed by atoms with E-state index in [4.69, 9.17) is 18.9 Å². The second kappa shape index (κ2) is 14.4. The van der Waals surface area contributed by atoms with Gasteiger partial charge in [0.25, 0.3) is 5.91 Å². The maximum absolute atomic E-state index is 13.6. The van der Waals surface area contributed by atoms with Gasteiger partial charge in [-0.05, 0) is 23.1 Å². The number of rotatable bonds is 13. The molecule has 0 bridgehead atoms. The van der Waals surface area contributed by atoms with Crippen molar-refractivity contribution in [1.82, 2.24) is 4.90 Å². The Hall–Kier alpha value is -3.52. The molecule has 4 rings (SSSR count). The maximum atomic E-state index is 13.6. The van der Waals surface area contributed by atoms with Crippen molar-refractivity contribution in [2.24, 2.45) is 0 Å². The Morgan fingerprint density at radius 1 is 0.763 bits per heavy atom. The number of carbonyl (C=O) groups is 2. The van der Waals surface area contributed by atoms with Crippen molar-refractivity contribution in [1.29, 1.82) is 0 Å². The van der Waals surface area contributed by atoms with Crippen molar-refractivity contribution in [3.05, 3.63) is 108 Å². The smallest absolute Gasteiger partial charge is 0.417 e. The lowest BCUT2D eigenvalue weighted by Crippen LogP contribution is -2.45. The van der Waals surface area contributed by atoms with Crippen molar-refractivity contribution in [2.45, 2.75) is 57.8 Å². The quantitative estimate of drug-likeness (QED) is 0.278. The molecule has 0 unspecified atom stereocenters. The van der Waals surface area contributed by atoms with Gasteiger partial charge in [0.15, 0.2) is 6.10 Å². The highest BCUT2D eigenvalue weighted by Gasteiger charge is 2.53. The Morgan fingerprint density at radius 2 is 1.29 bits per heavy atom. The largest absolute Gasteiger partial charge is 0.449 e. The summed E-state index contributed by atoms with van der Waals surface area (Å²) in [7, 11) is 0. The van der Waals surface area contributed by atoms with Gasteiger partial charge in [0.05, 0.1) is 39.1 Å². The zero-order valence-corrected chi connectivity index (χ0v) is 21.7. The molecule has 7 heteroatoms. The van der Waals surface area contributed by atoms with Gasteiger partial charge in [-0.25, -0.2) is 9.69 Å². The minimum Gasteiger partial charge on any atom is -0.449 e. The number of nitrogens with zero attached hydrogens (tertiary/aromatic N) is 1. The van der Waals surface area contributed by atoms with E-state index in [1.54, 1.807) is 0 Å². The highest BCUT2D eigenvalue weighted by Crippen LogP contribution is 2.29. The van der Waals surface area contributed by atoms with Crippen LogP contribution >= 0.6 is 0 Å². The van der Waals surface area contributed by atoms with Crippen molar-refractivity contribution in [3.63, 3.8) is 0 Å². The summed E-state index contributed by atoms with van der Waals surface area (Å²) in [5, 5.41) is 0. The minimum absolute atomic E-state index is 0.0914. The number of unbranched alkanes of at least 4 members (excludes halogenated alkanes) is 1. The van der Waals surface area contributed by atoms with Gasteiger partial charge in [0.2, 0.25) is 0 Å². The summed E-state index contributed by atoms with van der Waals surface area (Å²) in [5.74, 6) is -0.478. The van der Waals surface area contributed by atoms with Gasteiger partial charge < -0.3 is 18.9 Å². The van der Waals surface area contributed by atoms with Gasteiger partial charge in [-0.15, -0.1) is 0 Å². The van der Waals surface area contributed by atoms with Crippen LogP contribution in [0.2, 0.25) is 0 Å². The third-order valence-electron chi connectivity index (χ3n) is 6.37. The molecule has 0 radical (unpaired) electrons. The minimum atomic E-state index is -0.983. The van der Waals surface area contributed by atoms with E-state index in [0.717, 1.165) is 28.0 Å². The van der Waals surface area contributed by atoms with Crippen LogP contribution in [-0.4, -0.2) is 48.4 Å². The third kappa shape index (κ3) is 7.51. The lowest BCUT2D eigenvalue weighted by molar-refractivity contribution is -0.141. The fraction of sp³-hybridized carbons (Fsp3) is 0.355. The fourth-order valence-electron chi connectivity index (χ4n) is 4.32. The highest BCUT2D eigenvalue weighted by molar-refractivity contribution is 5.97. The number of carbonyl (C=O) groups excluding carboxylic acids is 2. The lowest BCUT2D eigenvalue weighted by atomic mass is 10.1. The summed E-state index contributed by atoms with van der Waals surface area (Å²) in [6.45, 7) is 3.15. The molecule has 0 aromatic heterocycles. The SMILES string of the molecule is CCCCOC(=O)N1C(=O)[C@H](OCc2ccccc2)[C@H](OCc2ccccc2)[C@H]1COCc1ccccc1. The van der Waals surface area contributed by atoms with E-state index in [9.17, 15) is 9.59 Å². The number of likely N-dealkylation sites (tertiary alicyclic amines) is 1. The fourth-order valence-corrected chi connectivity index (χ4v) is 4.32. The average Bonchev–Trinajstić information content (AvgIpc) is 3.22. The molecule has 3 aromatic rings. The Kier molecular flexibility index (Phi) is 10.4. The highest BCUT2D eigenvalue weighted by atomic mass is 16.6. The van der Waals surface area contributed by atoms with Crippen LogP contribution in [-0.2, 0) is 43.6 Å². The Morgan fingerprint density at radius 3 is 1.84 bits per heavy atom. The molecule has 0 aliphatic carbocycles. The number of benzene rings is 3. The van der Waals surface area contributed by atoms with Crippen LogP contribution < -0.4 is 0 Å². The normalized spacial score (nSPS) is 19.0.